The summed E-state index contributed by atoms with van der Waals surface area (Å²) in [6, 6.07) is 9.23. The summed E-state index contributed by atoms with van der Waals surface area (Å²) in [5.74, 6) is -3.27. The lowest BCUT2D eigenvalue weighted by atomic mass is 9.78. The number of thioether (sulfide) groups is 1. The number of nitrogens with zero attached hydrogens (tertiary/aromatic N) is 2. The van der Waals surface area contributed by atoms with Crippen LogP contribution in [0, 0.1) is 17.2 Å². The molecule has 1 heterocycles. The van der Waals surface area contributed by atoms with Crippen LogP contribution in [0.5, 0.6) is 0 Å². The summed E-state index contributed by atoms with van der Waals surface area (Å²) in [7, 11) is 1.20. The molecule has 1 aromatic carbocycles. The van der Waals surface area contributed by atoms with Crippen LogP contribution in [0.25, 0.3) is 0 Å². The molecule has 7 nitrogen and oxygen atoms in total. The molecule has 0 saturated heterocycles. The Morgan fingerprint density at radius 3 is 2.59 bits per heavy atom. The number of hydrogen-bond acceptors (Lipinski definition) is 6. The van der Waals surface area contributed by atoms with Gasteiger partial charge in [-0.25, -0.2) is 0 Å². The second-order valence-electron chi connectivity index (χ2n) is 6.23. The van der Waals surface area contributed by atoms with Crippen molar-refractivity contribution in [3.05, 3.63) is 44.9 Å². The average molecular weight is 480 g/mol. The van der Waals surface area contributed by atoms with Gasteiger partial charge in [0.1, 0.15) is 5.92 Å². The number of rotatable bonds is 7. The molecular formula is C20H22BrN3O4S. The number of halogens is 1. The highest BCUT2D eigenvalue weighted by molar-refractivity contribution is 9.10. The lowest BCUT2D eigenvalue weighted by Crippen LogP contribution is -2.44. The molecular weight excluding hydrogens is 458 g/mol. The molecule has 0 spiro atoms. The molecule has 1 aliphatic heterocycles. The van der Waals surface area contributed by atoms with Crippen LogP contribution >= 0.6 is 27.7 Å². The number of carbonyl (C=O) groups excluding carboxylic acids is 3. The van der Waals surface area contributed by atoms with Crippen LogP contribution in [0.1, 0.15) is 25.3 Å². The maximum absolute atomic E-state index is 12.8. The van der Waals surface area contributed by atoms with Gasteiger partial charge in [-0.15, -0.1) is 0 Å². The topological polar surface area (TPSA) is 99.5 Å². The van der Waals surface area contributed by atoms with Crippen molar-refractivity contribution in [1.82, 2.24) is 10.2 Å². The summed E-state index contributed by atoms with van der Waals surface area (Å²) in [6.07, 6.45) is 0. The van der Waals surface area contributed by atoms with E-state index in [1.165, 1.54) is 7.11 Å². The first-order chi connectivity index (χ1) is 13.9. The minimum atomic E-state index is -1.19. The Labute approximate surface area is 182 Å². The molecule has 1 aliphatic rings. The van der Waals surface area contributed by atoms with Gasteiger partial charge in [-0.3, -0.25) is 14.4 Å². The Bertz CT molecular complexity index is 877. The number of ether oxygens (including phenoxy) is 1. The lowest BCUT2D eigenvalue weighted by molar-refractivity contribution is -0.150. The summed E-state index contributed by atoms with van der Waals surface area (Å²) in [4.78, 5) is 39.1. The number of amides is 2. The molecule has 0 aliphatic carbocycles. The molecule has 0 aromatic heterocycles. The van der Waals surface area contributed by atoms with Gasteiger partial charge >= 0.3 is 5.97 Å². The van der Waals surface area contributed by atoms with Crippen molar-refractivity contribution >= 4 is 45.5 Å². The minimum absolute atomic E-state index is 0.0799. The molecule has 29 heavy (non-hydrogen) atoms. The standard InChI is InChI=1S/C20H22BrN3O4S/c1-4-24(5-2)15(25)11-29-19-14(10-22)16(12-7-6-8-13(21)9-12)17(18(26)23-19)20(27)28-3/h6-9,16-17H,4-5,11H2,1-3H3,(H,23,26)/t16-,17-/m0/s1. The zero-order valence-electron chi connectivity index (χ0n) is 16.4. The highest BCUT2D eigenvalue weighted by Crippen LogP contribution is 2.40. The van der Waals surface area contributed by atoms with Crippen molar-refractivity contribution in [3.8, 4) is 6.07 Å². The van der Waals surface area contributed by atoms with Crippen LogP contribution in [0.15, 0.2) is 39.3 Å². The predicted octanol–water partition coefficient (Wildman–Crippen LogP) is 2.79. The summed E-state index contributed by atoms with van der Waals surface area (Å²) >= 11 is 4.48. The van der Waals surface area contributed by atoms with E-state index in [4.69, 9.17) is 4.74 Å². The largest absolute Gasteiger partial charge is 0.468 e. The Hall–Kier alpha value is -2.31. The second-order valence-corrected chi connectivity index (χ2v) is 8.13. The van der Waals surface area contributed by atoms with E-state index in [1.54, 1.807) is 23.1 Å². The second kappa shape index (κ2) is 10.5. The highest BCUT2D eigenvalue weighted by atomic mass is 79.9. The Morgan fingerprint density at radius 2 is 2.03 bits per heavy atom. The number of nitriles is 1. The minimum Gasteiger partial charge on any atom is -0.468 e. The van der Waals surface area contributed by atoms with E-state index in [0.717, 1.165) is 16.2 Å². The smallest absolute Gasteiger partial charge is 0.319 e. The van der Waals surface area contributed by atoms with Gasteiger partial charge in [-0.1, -0.05) is 39.8 Å². The van der Waals surface area contributed by atoms with Gasteiger partial charge in [0, 0.05) is 23.5 Å². The van der Waals surface area contributed by atoms with Gasteiger partial charge in [0.2, 0.25) is 11.8 Å². The number of hydrogen-bond donors (Lipinski definition) is 1. The van der Waals surface area contributed by atoms with Crippen LogP contribution in [0.3, 0.4) is 0 Å². The summed E-state index contributed by atoms with van der Waals surface area (Å²) in [5.41, 5.74) is 0.866. The van der Waals surface area contributed by atoms with Gasteiger partial charge in [0.05, 0.1) is 29.5 Å². The van der Waals surface area contributed by atoms with Crippen molar-refractivity contribution in [1.29, 1.82) is 5.26 Å². The van der Waals surface area contributed by atoms with Crippen molar-refractivity contribution in [2.45, 2.75) is 19.8 Å². The molecule has 9 heteroatoms. The van der Waals surface area contributed by atoms with Crippen LogP contribution in [-0.4, -0.2) is 48.6 Å². The van der Waals surface area contributed by atoms with E-state index in [9.17, 15) is 19.6 Å². The van der Waals surface area contributed by atoms with Gasteiger partial charge in [0.25, 0.3) is 0 Å². The Kier molecular flexibility index (Phi) is 8.29. The normalized spacial score (nSPS) is 18.7. The fourth-order valence-electron chi connectivity index (χ4n) is 3.18. The van der Waals surface area contributed by atoms with E-state index in [-0.39, 0.29) is 17.2 Å². The molecule has 2 amide bonds. The number of benzene rings is 1. The fraction of sp³-hybridized carbons (Fsp3) is 0.400. The maximum Gasteiger partial charge on any atom is 0.319 e. The third kappa shape index (κ3) is 5.19. The molecule has 0 radical (unpaired) electrons. The Balaban J connectivity index is 2.47. The number of carbonyl (C=O) groups is 3. The molecule has 1 aromatic rings. The van der Waals surface area contributed by atoms with E-state index in [1.807, 2.05) is 19.9 Å². The monoisotopic (exact) mass is 479 g/mol. The molecule has 2 atom stereocenters. The highest BCUT2D eigenvalue weighted by Gasteiger charge is 2.44. The first-order valence-corrected chi connectivity index (χ1v) is 10.8. The van der Waals surface area contributed by atoms with Crippen LogP contribution in [0.2, 0.25) is 0 Å². The number of allylic oxidation sites excluding steroid dienone is 1. The predicted molar refractivity (Wildman–Crippen MR) is 114 cm³/mol. The quantitative estimate of drug-likeness (QED) is 0.476. The van der Waals surface area contributed by atoms with Crippen LogP contribution < -0.4 is 5.32 Å². The molecule has 0 saturated carbocycles. The molecule has 0 unspecified atom stereocenters. The van der Waals surface area contributed by atoms with E-state index in [0.29, 0.717) is 23.7 Å². The first-order valence-electron chi connectivity index (χ1n) is 9.06. The van der Waals surface area contributed by atoms with Gasteiger partial charge < -0.3 is 15.0 Å². The van der Waals surface area contributed by atoms with E-state index >= 15 is 0 Å². The van der Waals surface area contributed by atoms with Crippen molar-refractivity contribution in [2.24, 2.45) is 5.92 Å². The maximum atomic E-state index is 12.8. The van der Waals surface area contributed by atoms with Gasteiger partial charge in [-0.2, -0.15) is 5.26 Å². The third-order valence-electron chi connectivity index (χ3n) is 4.65. The van der Waals surface area contributed by atoms with Crippen molar-refractivity contribution in [3.63, 3.8) is 0 Å². The summed E-state index contributed by atoms with van der Waals surface area (Å²) in [5, 5.41) is 12.8. The SMILES string of the molecule is CCN(CC)C(=O)CSC1=C(C#N)[C@H](c2cccc(Br)c2)[C@H](C(=O)OC)C(=O)N1. The zero-order valence-corrected chi connectivity index (χ0v) is 18.8. The zero-order chi connectivity index (χ0) is 21.6. The first kappa shape index (κ1) is 23.0. The van der Waals surface area contributed by atoms with Gasteiger partial charge in [-0.05, 0) is 31.5 Å². The average Bonchev–Trinajstić information content (AvgIpc) is 2.71. The Morgan fingerprint density at radius 1 is 1.34 bits per heavy atom. The molecule has 2 rings (SSSR count). The third-order valence-corrected chi connectivity index (χ3v) is 6.14. The molecule has 154 valence electrons. The van der Waals surface area contributed by atoms with E-state index in [2.05, 4.69) is 27.3 Å². The summed E-state index contributed by atoms with van der Waals surface area (Å²) < 4.78 is 5.58. The molecule has 1 N–H and O–H groups in total. The summed E-state index contributed by atoms with van der Waals surface area (Å²) in [6.45, 7) is 4.94. The number of esters is 1. The van der Waals surface area contributed by atoms with Crippen molar-refractivity contribution < 1.29 is 19.1 Å². The van der Waals surface area contributed by atoms with Crippen molar-refractivity contribution in [2.75, 3.05) is 26.0 Å². The van der Waals surface area contributed by atoms with Gasteiger partial charge in [0.15, 0.2) is 0 Å². The molecule has 0 fully saturated rings. The van der Waals surface area contributed by atoms with Crippen LogP contribution in [0.4, 0.5) is 0 Å². The van der Waals surface area contributed by atoms with Crippen LogP contribution in [-0.2, 0) is 19.1 Å². The van der Waals surface area contributed by atoms with E-state index < -0.39 is 23.7 Å². The fourth-order valence-corrected chi connectivity index (χ4v) is 4.55. The molecule has 0 bridgehead atoms. The number of methoxy groups -OCH3 is 1. The number of nitrogens with one attached hydrogen (secondary N) is 1. The lowest BCUT2D eigenvalue weighted by Gasteiger charge is -2.31.